The van der Waals surface area contributed by atoms with E-state index in [-0.39, 0.29) is 11.8 Å². The Bertz CT molecular complexity index is 1200. The van der Waals surface area contributed by atoms with E-state index in [2.05, 4.69) is 22.2 Å². The molecular weight excluding hydrogens is 426 g/mol. The summed E-state index contributed by atoms with van der Waals surface area (Å²) in [6.07, 6.45) is 3.47. The monoisotopic (exact) mass is 449 g/mol. The van der Waals surface area contributed by atoms with Gasteiger partial charge in [0.1, 0.15) is 0 Å². The molecule has 0 saturated carbocycles. The van der Waals surface area contributed by atoms with Gasteiger partial charge in [0, 0.05) is 34.2 Å². The van der Waals surface area contributed by atoms with E-state index in [4.69, 9.17) is 9.47 Å². The molecular formula is C24H23N3O4S. The summed E-state index contributed by atoms with van der Waals surface area (Å²) in [6, 6.07) is 9.26. The first-order chi connectivity index (χ1) is 15.5. The van der Waals surface area contributed by atoms with Gasteiger partial charge in [0.05, 0.1) is 19.9 Å². The number of carbonyl (C=O) groups excluding carboxylic acids is 2. The van der Waals surface area contributed by atoms with Crippen LogP contribution in [0.4, 0.5) is 10.8 Å². The maximum absolute atomic E-state index is 12.9. The summed E-state index contributed by atoms with van der Waals surface area (Å²) in [7, 11) is 3.10. The molecule has 0 spiro atoms. The number of amides is 2. The number of allylic oxidation sites excluding steroid dienone is 1. The zero-order valence-electron chi connectivity index (χ0n) is 17.9. The molecule has 0 bridgehead atoms. The molecule has 0 radical (unpaired) electrons. The number of rotatable bonds is 7. The number of nitrogens with one attached hydrogen (secondary N) is 2. The van der Waals surface area contributed by atoms with Crippen molar-refractivity contribution in [3.63, 3.8) is 0 Å². The Morgan fingerprint density at radius 1 is 1.25 bits per heavy atom. The minimum Gasteiger partial charge on any atom is -0.493 e. The van der Waals surface area contributed by atoms with Gasteiger partial charge in [0.15, 0.2) is 16.6 Å². The Morgan fingerprint density at radius 2 is 2.09 bits per heavy atom. The quantitative estimate of drug-likeness (QED) is 0.511. The van der Waals surface area contributed by atoms with Gasteiger partial charge >= 0.3 is 0 Å². The van der Waals surface area contributed by atoms with Crippen LogP contribution in [0.3, 0.4) is 0 Å². The number of carbonyl (C=O) groups is 2. The third kappa shape index (κ3) is 4.36. The molecule has 2 amide bonds. The van der Waals surface area contributed by atoms with E-state index >= 15 is 0 Å². The molecule has 1 aromatic heterocycles. The summed E-state index contributed by atoms with van der Waals surface area (Å²) < 4.78 is 10.8. The molecule has 0 atom stereocenters. The number of benzene rings is 2. The topological polar surface area (TPSA) is 89.6 Å². The van der Waals surface area contributed by atoms with Crippen LogP contribution in [0.15, 0.2) is 48.4 Å². The Labute approximate surface area is 190 Å². The predicted molar refractivity (Wildman–Crippen MR) is 126 cm³/mol. The van der Waals surface area contributed by atoms with Crippen molar-refractivity contribution in [1.82, 2.24) is 4.98 Å². The first-order valence-corrected chi connectivity index (χ1v) is 11.0. The Balaban J connectivity index is 1.55. The highest BCUT2D eigenvalue weighted by atomic mass is 32.1. The van der Waals surface area contributed by atoms with Gasteiger partial charge in [-0.05, 0) is 42.7 Å². The molecule has 4 rings (SSSR count). The molecule has 164 valence electrons. The van der Waals surface area contributed by atoms with Gasteiger partial charge in [0.25, 0.3) is 5.91 Å². The number of anilines is 2. The van der Waals surface area contributed by atoms with Crippen molar-refractivity contribution >= 4 is 34.0 Å². The van der Waals surface area contributed by atoms with Crippen molar-refractivity contribution < 1.29 is 19.1 Å². The van der Waals surface area contributed by atoms with E-state index in [1.54, 1.807) is 25.3 Å². The lowest BCUT2D eigenvalue weighted by molar-refractivity contribution is -0.116. The molecule has 2 N–H and O–H groups in total. The summed E-state index contributed by atoms with van der Waals surface area (Å²) in [5.74, 6) is 0.822. The van der Waals surface area contributed by atoms with Gasteiger partial charge in [0.2, 0.25) is 5.91 Å². The van der Waals surface area contributed by atoms with E-state index < -0.39 is 0 Å². The second-order valence-corrected chi connectivity index (χ2v) is 8.13. The van der Waals surface area contributed by atoms with Crippen molar-refractivity contribution in [3.8, 4) is 22.8 Å². The van der Waals surface area contributed by atoms with Crippen LogP contribution in [0, 0.1) is 0 Å². The summed E-state index contributed by atoms with van der Waals surface area (Å²) in [6.45, 7) is 3.77. The maximum atomic E-state index is 12.9. The van der Waals surface area contributed by atoms with Gasteiger partial charge in [-0.25, -0.2) is 4.98 Å². The first-order valence-electron chi connectivity index (χ1n) is 10.1. The minimum absolute atomic E-state index is 0.0373. The molecule has 0 saturated heterocycles. The average Bonchev–Trinajstić information content (AvgIpc) is 3.26. The smallest absolute Gasteiger partial charge is 0.257 e. The van der Waals surface area contributed by atoms with Gasteiger partial charge in [-0.1, -0.05) is 12.1 Å². The van der Waals surface area contributed by atoms with Crippen LogP contribution >= 0.6 is 11.3 Å². The lowest BCUT2D eigenvalue weighted by Crippen LogP contribution is -2.18. The van der Waals surface area contributed by atoms with Crippen LogP contribution in [0.5, 0.6) is 11.5 Å². The number of aromatic nitrogens is 1. The standard InChI is InChI=1S/C24H23N3O4S/c1-4-5-16-11-17(12-20(30-2)22(16)31-3)23(29)27-24-26-19(13-32-24)15-6-8-18-14(10-15)7-9-21(28)25-18/h4,6,8,10-13H,1,5,7,9H2,2-3H3,(H,25,28)(H,26,27,29). The number of hydrogen-bond acceptors (Lipinski definition) is 6. The lowest BCUT2D eigenvalue weighted by atomic mass is 9.99. The zero-order chi connectivity index (χ0) is 22.7. The summed E-state index contributed by atoms with van der Waals surface area (Å²) >= 11 is 1.35. The molecule has 2 aromatic carbocycles. The predicted octanol–water partition coefficient (Wildman–Crippen LogP) is 4.69. The molecule has 2 heterocycles. The van der Waals surface area contributed by atoms with E-state index in [0.29, 0.717) is 41.5 Å². The highest BCUT2D eigenvalue weighted by Gasteiger charge is 2.18. The highest BCUT2D eigenvalue weighted by molar-refractivity contribution is 7.14. The lowest BCUT2D eigenvalue weighted by Gasteiger charge is -2.17. The fourth-order valence-electron chi connectivity index (χ4n) is 3.66. The fraction of sp³-hybridized carbons (Fsp3) is 0.208. The number of hydrogen-bond donors (Lipinski definition) is 2. The van der Waals surface area contributed by atoms with Gasteiger partial charge < -0.3 is 14.8 Å². The van der Waals surface area contributed by atoms with Crippen molar-refractivity contribution in [2.75, 3.05) is 24.9 Å². The van der Waals surface area contributed by atoms with E-state index in [0.717, 1.165) is 28.1 Å². The molecule has 8 heteroatoms. The summed E-state index contributed by atoms with van der Waals surface area (Å²) in [4.78, 5) is 29.0. The Kier molecular flexibility index (Phi) is 6.23. The zero-order valence-corrected chi connectivity index (χ0v) is 18.7. The van der Waals surface area contributed by atoms with Crippen LogP contribution in [0.1, 0.15) is 27.9 Å². The third-order valence-corrected chi connectivity index (χ3v) is 5.96. The van der Waals surface area contributed by atoms with Gasteiger partial charge in [-0.2, -0.15) is 0 Å². The average molecular weight is 450 g/mol. The molecule has 1 aliphatic heterocycles. The van der Waals surface area contributed by atoms with Crippen LogP contribution < -0.4 is 20.1 Å². The van der Waals surface area contributed by atoms with E-state index in [9.17, 15) is 9.59 Å². The van der Waals surface area contributed by atoms with Crippen molar-refractivity contribution in [2.45, 2.75) is 19.3 Å². The second-order valence-electron chi connectivity index (χ2n) is 7.28. The van der Waals surface area contributed by atoms with Gasteiger partial charge in [-0.3, -0.25) is 14.9 Å². The molecule has 7 nitrogen and oxygen atoms in total. The first kappa shape index (κ1) is 21.6. The summed E-state index contributed by atoms with van der Waals surface area (Å²) in [5, 5.41) is 8.14. The minimum atomic E-state index is -0.287. The molecule has 0 fully saturated rings. The van der Waals surface area contributed by atoms with Crippen LogP contribution in [-0.4, -0.2) is 31.0 Å². The van der Waals surface area contributed by atoms with E-state index in [1.165, 1.54) is 18.4 Å². The fourth-order valence-corrected chi connectivity index (χ4v) is 4.37. The molecule has 32 heavy (non-hydrogen) atoms. The summed E-state index contributed by atoms with van der Waals surface area (Å²) in [5.41, 5.74) is 4.90. The van der Waals surface area contributed by atoms with Crippen molar-refractivity contribution in [2.24, 2.45) is 0 Å². The molecule has 0 aliphatic carbocycles. The number of methoxy groups -OCH3 is 2. The number of ether oxygens (including phenoxy) is 2. The molecule has 1 aliphatic rings. The van der Waals surface area contributed by atoms with Crippen LogP contribution in [-0.2, 0) is 17.6 Å². The molecule has 0 unspecified atom stereocenters. The number of fused-ring (bicyclic) bond motifs is 1. The molecule has 3 aromatic rings. The van der Waals surface area contributed by atoms with Gasteiger partial charge in [-0.15, -0.1) is 17.9 Å². The number of nitrogens with zero attached hydrogens (tertiary/aromatic N) is 1. The third-order valence-electron chi connectivity index (χ3n) is 5.20. The Hall–Kier alpha value is -3.65. The Morgan fingerprint density at radius 3 is 2.84 bits per heavy atom. The second kappa shape index (κ2) is 9.23. The number of thiazole rings is 1. The van der Waals surface area contributed by atoms with Crippen LogP contribution in [0.25, 0.3) is 11.3 Å². The number of aryl methyl sites for hydroxylation is 1. The van der Waals surface area contributed by atoms with Crippen LogP contribution in [0.2, 0.25) is 0 Å². The SMILES string of the molecule is C=CCc1cc(C(=O)Nc2nc(-c3ccc4c(c3)CCC(=O)N4)cs2)cc(OC)c1OC. The normalized spacial score (nSPS) is 12.5. The maximum Gasteiger partial charge on any atom is 0.257 e. The van der Waals surface area contributed by atoms with Crippen molar-refractivity contribution in [3.05, 3.63) is 65.1 Å². The van der Waals surface area contributed by atoms with E-state index in [1.807, 2.05) is 23.6 Å². The van der Waals surface area contributed by atoms with Crippen molar-refractivity contribution in [1.29, 1.82) is 0 Å². The highest BCUT2D eigenvalue weighted by Crippen LogP contribution is 2.34. The largest absolute Gasteiger partial charge is 0.493 e.